The summed E-state index contributed by atoms with van der Waals surface area (Å²) in [6.45, 7) is 0. The van der Waals surface area contributed by atoms with Crippen LogP contribution in [0.15, 0.2) is 28.9 Å². The van der Waals surface area contributed by atoms with E-state index in [1.807, 2.05) is 31.4 Å². The Labute approximate surface area is 121 Å². The van der Waals surface area contributed by atoms with Crippen LogP contribution >= 0.6 is 27.5 Å². The molecule has 0 fully saturated rings. The second kappa shape index (κ2) is 4.43. The molecule has 2 aromatic heterocycles. The highest BCUT2D eigenvalue weighted by Gasteiger charge is 2.17. The lowest BCUT2D eigenvalue weighted by atomic mass is 10.1. The summed E-state index contributed by atoms with van der Waals surface area (Å²) < 4.78 is 6.70. The van der Waals surface area contributed by atoms with E-state index in [4.69, 9.17) is 5.73 Å². The van der Waals surface area contributed by atoms with Crippen molar-refractivity contribution in [3.05, 3.63) is 33.7 Å². The monoisotopic (exact) mass is 336 g/mol. The number of aryl methyl sites for hydroxylation is 1. The van der Waals surface area contributed by atoms with E-state index in [9.17, 15) is 4.79 Å². The van der Waals surface area contributed by atoms with Gasteiger partial charge in [0.25, 0.3) is 5.91 Å². The van der Waals surface area contributed by atoms with Gasteiger partial charge in [0.15, 0.2) is 0 Å². The first-order valence-corrected chi connectivity index (χ1v) is 7.01. The van der Waals surface area contributed by atoms with Crippen molar-refractivity contribution >= 4 is 44.3 Å². The van der Waals surface area contributed by atoms with Crippen LogP contribution in [0, 0.1) is 0 Å². The van der Waals surface area contributed by atoms with Crippen LogP contribution in [0.4, 0.5) is 0 Å². The topological polar surface area (TPSA) is 73.8 Å². The third kappa shape index (κ3) is 2.04. The molecule has 2 heterocycles. The molecule has 1 aromatic carbocycles. The maximum atomic E-state index is 11.2. The Hall–Kier alpha value is -1.73. The molecule has 1 amide bonds. The van der Waals surface area contributed by atoms with Gasteiger partial charge in [0.2, 0.25) is 0 Å². The third-order valence-electron chi connectivity index (χ3n) is 2.75. The number of rotatable bonds is 2. The highest BCUT2D eigenvalue weighted by Crippen LogP contribution is 2.34. The minimum absolute atomic E-state index is 0.432. The molecule has 0 radical (unpaired) electrons. The molecule has 3 aromatic rings. The Kier molecular flexibility index (Phi) is 2.87. The van der Waals surface area contributed by atoms with E-state index in [0.29, 0.717) is 9.35 Å². The van der Waals surface area contributed by atoms with Gasteiger partial charge in [-0.05, 0) is 39.6 Å². The standard InChI is InChI=1S/C12H9BrN4OS/c1-17-5-7-4-6(2-3-8(7)15-17)10-9(13)11(12(14)18)19-16-10/h2-5H,1H3,(H2,14,18). The molecule has 0 aliphatic rings. The number of aromatic nitrogens is 3. The number of fused-ring (bicyclic) bond motifs is 1. The summed E-state index contributed by atoms with van der Waals surface area (Å²) in [4.78, 5) is 11.7. The number of amides is 1. The second-order valence-corrected chi connectivity index (χ2v) is 5.68. The summed E-state index contributed by atoms with van der Waals surface area (Å²) in [6.07, 6.45) is 1.94. The number of benzene rings is 1. The van der Waals surface area contributed by atoms with Crippen molar-refractivity contribution in [3.8, 4) is 11.3 Å². The molecule has 0 spiro atoms. The molecule has 0 aliphatic heterocycles. The molecule has 0 unspecified atom stereocenters. The molecule has 0 saturated carbocycles. The number of carbonyl (C=O) groups is 1. The van der Waals surface area contributed by atoms with Gasteiger partial charge in [0.05, 0.1) is 15.7 Å². The van der Waals surface area contributed by atoms with Crippen LogP contribution in [0.5, 0.6) is 0 Å². The van der Waals surface area contributed by atoms with E-state index in [2.05, 4.69) is 25.4 Å². The zero-order chi connectivity index (χ0) is 13.6. The van der Waals surface area contributed by atoms with Gasteiger partial charge in [-0.2, -0.15) is 9.47 Å². The van der Waals surface area contributed by atoms with Gasteiger partial charge in [-0.3, -0.25) is 9.48 Å². The molecular weight excluding hydrogens is 328 g/mol. The van der Waals surface area contributed by atoms with Gasteiger partial charge in [-0.25, -0.2) is 0 Å². The summed E-state index contributed by atoms with van der Waals surface area (Å²) in [7, 11) is 1.88. The Morgan fingerprint density at radius 2 is 2.26 bits per heavy atom. The van der Waals surface area contributed by atoms with E-state index in [-0.39, 0.29) is 0 Å². The fourth-order valence-electron chi connectivity index (χ4n) is 1.91. The second-order valence-electron chi connectivity index (χ2n) is 4.11. The van der Waals surface area contributed by atoms with Crippen molar-refractivity contribution in [2.75, 3.05) is 0 Å². The first-order chi connectivity index (χ1) is 9.06. The number of halogens is 1. The van der Waals surface area contributed by atoms with E-state index in [0.717, 1.165) is 33.7 Å². The predicted molar refractivity (Wildman–Crippen MR) is 78.0 cm³/mol. The summed E-state index contributed by atoms with van der Waals surface area (Å²) in [5.74, 6) is -0.474. The molecule has 2 N–H and O–H groups in total. The zero-order valence-electron chi connectivity index (χ0n) is 9.92. The van der Waals surface area contributed by atoms with E-state index in [1.165, 1.54) is 0 Å². The van der Waals surface area contributed by atoms with Crippen LogP contribution in [0.1, 0.15) is 9.67 Å². The number of hydrogen-bond acceptors (Lipinski definition) is 4. The molecule has 0 saturated heterocycles. The largest absolute Gasteiger partial charge is 0.365 e. The van der Waals surface area contributed by atoms with Crippen LogP contribution in [-0.4, -0.2) is 20.1 Å². The number of nitrogens with two attached hydrogens (primary N) is 1. The van der Waals surface area contributed by atoms with Crippen LogP contribution in [0.2, 0.25) is 0 Å². The lowest BCUT2D eigenvalue weighted by molar-refractivity contribution is 0.100. The Bertz CT molecular complexity index is 792. The Balaban J connectivity index is 2.16. The van der Waals surface area contributed by atoms with Gasteiger partial charge in [0, 0.05) is 24.2 Å². The van der Waals surface area contributed by atoms with Gasteiger partial charge in [0.1, 0.15) is 4.88 Å². The maximum absolute atomic E-state index is 11.2. The lowest BCUT2D eigenvalue weighted by Gasteiger charge is -1.98. The first kappa shape index (κ1) is 12.3. The van der Waals surface area contributed by atoms with Crippen molar-refractivity contribution < 1.29 is 4.79 Å². The van der Waals surface area contributed by atoms with E-state index >= 15 is 0 Å². The summed E-state index contributed by atoms with van der Waals surface area (Å²) in [5.41, 5.74) is 7.87. The van der Waals surface area contributed by atoms with Crippen molar-refractivity contribution in [1.29, 1.82) is 0 Å². The predicted octanol–water partition coefficient (Wildman–Crippen LogP) is 2.56. The van der Waals surface area contributed by atoms with Gasteiger partial charge >= 0.3 is 0 Å². The Morgan fingerprint density at radius 1 is 1.47 bits per heavy atom. The van der Waals surface area contributed by atoms with E-state index < -0.39 is 5.91 Å². The minimum Gasteiger partial charge on any atom is -0.365 e. The first-order valence-electron chi connectivity index (χ1n) is 5.45. The molecular formula is C12H9BrN4OS. The van der Waals surface area contributed by atoms with Crippen LogP contribution in [0.25, 0.3) is 22.2 Å². The van der Waals surface area contributed by atoms with Crippen LogP contribution in [0.3, 0.4) is 0 Å². The molecule has 3 rings (SSSR count). The van der Waals surface area contributed by atoms with Crippen LogP contribution < -0.4 is 5.73 Å². The zero-order valence-corrected chi connectivity index (χ0v) is 12.3. The number of nitrogens with zero attached hydrogens (tertiary/aromatic N) is 3. The van der Waals surface area contributed by atoms with E-state index in [1.54, 1.807) is 4.68 Å². The molecule has 19 heavy (non-hydrogen) atoms. The third-order valence-corrected chi connectivity index (χ3v) is 4.65. The highest BCUT2D eigenvalue weighted by molar-refractivity contribution is 9.10. The van der Waals surface area contributed by atoms with Crippen molar-refractivity contribution in [1.82, 2.24) is 14.2 Å². The number of carbonyl (C=O) groups excluding carboxylic acids is 1. The molecule has 96 valence electrons. The smallest absolute Gasteiger partial charge is 0.261 e. The quantitative estimate of drug-likeness (QED) is 0.781. The van der Waals surface area contributed by atoms with Gasteiger partial charge < -0.3 is 5.73 Å². The van der Waals surface area contributed by atoms with Crippen molar-refractivity contribution in [3.63, 3.8) is 0 Å². The molecule has 0 atom stereocenters. The maximum Gasteiger partial charge on any atom is 0.261 e. The average Bonchev–Trinajstić information content (AvgIpc) is 2.89. The summed E-state index contributed by atoms with van der Waals surface area (Å²) >= 11 is 4.48. The molecule has 7 heteroatoms. The molecule has 0 bridgehead atoms. The van der Waals surface area contributed by atoms with Crippen molar-refractivity contribution in [2.45, 2.75) is 0 Å². The average molecular weight is 337 g/mol. The van der Waals surface area contributed by atoms with Crippen LogP contribution in [-0.2, 0) is 7.05 Å². The molecule has 5 nitrogen and oxygen atoms in total. The minimum atomic E-state index is -0.474. The highest BCUT2D eigenvalue weighted by atomic mass is 79.9. The normalized spacial score (nSPS) is 11.1. The van der Waals surface area contributed by atoms with Crippen molar-refractivity contribution in [2.24, 2.45) is 12.8 Å². The van der Waals surface area contributed by atoms with Gasteiger partial charge in [-0.15, -0.1) is 0 Å². The summed E-state index contributed by atoms with van der Waals surface area (Å²) in [5, 5.41) is 5.35. The Morgan fingerprint density at radius 3 is 2.95 bits per heavy atom. The fraction of sp³-hybridized carbons (Fsp3) is 0.0833. The van der Waals surface area contributed by atoms with Gasteiger partial charge in [-0.1, -0.05) is 6.07 Å². The number of hydrogen-bond donors (Lipinski definition) is 1. The summed E-state index contributed by atoms with van der Waals surface area (Å²) in [6, 6.07) is 5.85. The SMILES string of the molecule is Cn1cc2cc(-c3nsc(C(N)=O)c3Br)ccc2n1. The fourth-order valence-corrected chi connectivity index (χ4v) is 3.40. The molecule has 0 aliphatic carbocycles. The lowest BCUT2D eigenvalue weighted by Crippen LogP contribution is -2.09. The number of primary amides is 1.